The minimum Gasteiger partial charge on any atom is -0.130 e. The Balaban J connectivity index is 0.000000307. The average molecular weight is 254 g/mol. The summed E-state index contributed by atoms with van der Waals surface area (Å²) in [7, 11) is 0. The highest BCUT2D eigenvalue weighted by Crippen LogP contribution is 2.25. The highest BCUT2D eigenvalue weighted by molar-refractivity contribution is 5.71. The molecule has 1 aliphatic rings. The number of benzene rings is 1. The molecule has 0 nitrogen and oxygen atoms in total. The Bertz CT molecular complexity index is 487. The second kappa shape index (κ2) is 9.19. The van der Waals surface area contributed by atoms with Crippen molar-refractivity contribution in [3.8, 4) is 0 Å². The molecular formula is C19H26. The van der Waals surface area contributed by atoms with Gasteiger partial charge in [-0.05, 0) is 63.3 Å². The van der Waals surface area contributed by atoms with Crippen molar-refractivity contribution in [2.24, 2.45) is 0 Å². The Kier molecular flexibility index (Phi) is 8.33. The number of fused-ring (bicyclic) bond motifs is 1. The highest BCUT2D eigenvalue weighted by Gasteiger charge is 2.07. The van der Waals surface area contributed by atoms with E-state index in [0.29, 0.717) is 0 Å². The van der Waals surface area contributed by atoms with Crippen molar-refractivity contribution in [3.63, 3.8) is 0 Å². The third kappa shape index (κ3) is 8.02. The molecule has 102 valence electrons. The van der Waals surface area contributed by atoms with Crippen molar-refractivity contribution in [2.75, 3.05) is 0 Å². The molecule has 0 amide bonds. The quantitative estimate of drug-likeness (QED) is 0.395. The molecule has 0 fully saturated rings. The van der Waals surface area contributed by atoms with E-state index in [4.69, 9.17) is 0 Å². The van der Waals surface area contributed by atoms with Gasteiger partial charge in [-0.15, -0.1) is 12.3 Å². The van der Waals surface area contributed by atoms with Gasteiger partial charge in [0.05, 0.1) is 0 Å². The van der Waals surface area contributed by atoms with Gasteiger partial charge in [0.25, 0.3) is 0 Å². The van der Waals surface area contributed by atoms with E-state index in [1.165, 1.54) is 22.3 Å². The van der Waals surface area contributed by atoms with Crippen molar-refractivity contribution in [1.29, 1.82) is 0 Å². The van der Waals surface area contributed by atoms with Gasteiger partial charge in [-0.2, -0.15) is 0 Å². The fourth-order valence-corrected chi connectivity index (χ4v) is 1.46. The molecule has 0 saturated heterocycles. The summed E-state index contributed by atoms with van der Waals surface area (Å²) in [5.74, 6) is 0. The standard InChI is InChI=1S/C10H10.C5H8.C4H8/c1-8-6-7-9-4-2-3-5-10(8)9;1-4-5(2)3;1-4(2)3/h2-6H,7H2,1H3;1H2,2-3H3;1H2,2-3H3. The average Bonchev–Trinajstić information content (AvgIpc) is 2.72. The first-order valence-electron chi connectivity index (χ1n) is 6.58. The van der Waals surface area contributed by atoms with Crippen LogP contribution in [0.1, 0.15) is 45.7 Å². The maximum Gasteiger partial charge on any atom is -0.00855 e. The summed E-state index contributed by atoms with van der Waals surface area (Å²) in [5.41, 5.74) is 9.34. The first kappa shape index (κ1) is 17.2. The monoisotopic (exact) mass is 254 g/mol. The lowest BCUT2D eigenvalue weighted by Gasteiger charge is -1.97. The van der Waals surface area contributed by atoms with E-state index in [2.05, 4.69) is 56.2 Å². The third-order valence-electron chi connectivity index (χ3n) is 2.42. The zero-order valence-electron chi connectivity index (χ0n) is 13.0. The van der Waals surface area contributed by atoms with Gasteiger partial charge in [0.1, 0.15) is 0 Å². The van der Waals surface area contributed by atoms with E-state index < -0.39 is 0 Å². The molecule has 1 aliphatic carbocycles. The van der Waals surface area contributed by atoms with Crippen LogP contribution in [-0.4, -0.2) is 0 Å². The van der Waals surface area contributed by atoms with Crippen LogP contribution >= 0.6 is 0 Å². The second-order valence-corrected chi connectivity index (χ2v) is 5.13. The highest BCUT2D eigenvalue weighted by atomic mass is 14.1. The molecule has 0 spiro atoms. The summed E-state index contributed by atoms with van der Waals surface area (Å²) >= 11 is 0. The van der Waals surface area contributed by atoms with Crippen LogP contribution in [0.5, 0.6) is 0 Å². The Hall–Kier alpha value is -1.78. The Morgan fingerprint density at radius 2 is 1.58 bits per heavy atom. The van der Waals surface area contributed by atoms with Gasteiger partial charge in [0.2, 0.25) is 0 Å². The molecule has 0 heterocycles. The first-order valence-corrected chi connectivity index (χ1v) is 6.58. The molecule has 1 aromatic rings. The summed E-state index contributed by atoms with van der Waals surface area (Å²) in [6, 6.07) is 8.59. The molecule has 0 saturated carbocycles. The molecule has 0 N–H and O–H groups in total. The lowest BCUT2D eigenvalue weighted by molar-refractivity contribution is 1.31. The predicted octanol–water partition coefficient (Wildman–Crippen LogP) is 5.97. The molecule has 0 atom stereocenters. The third-order valence-corrected chi connectivity index (χ3v) is 2.42. The lowest BCUT2D eigenvalue weighted by atomic mass is 10.1. The molecule has 0 aliphatic heterocycles. The summed E-state index contributed by atoms with van der Waals surface area (Å²) in [4.78, 5) is 0. The minimum atomic E-state index is 1.13. The largest absolute Gasteiger partial charge is 0.130 e. The van der Waals surface area contributed by atoms with Crippen LogP contribution in [0, 0.1) is 0 Å². The van der Waals surface area contributed by atoms with Gasteiger partial charge in [-0.25, -0.2) is 0 Å². The number of hydrogen-bond acceptors (Lipinski definition) is 0. The van der Waals surface area contributed by atoms with E-state index in [0.717, 1.165) is 12.0 Å². The molecule has 0 bridgehead atoms. The van der Waals surface area contributed by atoms with Crippen molar-refractivity contribution >= 4 is 5.57 Å². The van der Waals surface area contributed by atoms with Crippen molar-refractivity contribution in [3.05, 3.63) is 71.5 Å². The van der Waals surface area contributed by atoms with Crippen molar-refractivity contribution in [2.45, 2.75) is 41.0 Å². The number of allylic oxidation sites excluding steroid dienone is 4. The van der Waals surface area contributed by atoms with E-state index in [-0.39, 0.29) is 0 Å². The summed E-state index contributed by atoms with van der Waals surface area (Å²) in [6.07, 6.45) is 3.41. The normalized spacial score (nSPS) is 10.7. The zero-order chi connectivity index (χ0) is 14.8. The molecule has 2 rings (SSSR count). The fourth-order valence-electron chi connectivity index (χ4n) is 1.46. The Labute approximate surface area is 118 Å². The topological polar surface area (TPSA) is 0 Å². The molecule has 19 heavy (non-hydrogen) atoms. The summed E-state index contributed by atoms with van der Waals surface area (Å²) in [6.45, 7) is 17.0. The van der Waals surface area contributed by atoms with Crippen LogP contribution in [-0.2, 0) is 6.42 Å². The lowest BCUT2D eigenvalue weighted by Crippen LogP contribution is -1.79. The smallest absolute Gasteiger partial charge is 0.00855 e. The van der Waals surface area contributed by atoms with Gasteiger partial charge in [-0.3, -0.25) is 0 Å². The van der Waals surface area contributed by atoms with Gasteiger partial charge >= 0.3 is 0 Å². The van der Waals surface area contributed by atoms with Crippen LogP contribution in [0.2, 0.25) is 0 Å². The van der Waals surface area contributed by atoms with Crippen molar-refractivity contribution in [1.82, 2.24) is 0 Å². The van der Waals surface area contributed by atoms with Crippen LogP contribution in [0.4, 0.5) is 0 Å². The van der Waals surface area contributed by atoms with Crippen LogP contribution in [0.25, 0.3) is 5.57 Å². The van der Waals surface area contributed by atoms with Gasteiger partial charge in [-0.1, -0.05) is 42.5 Å². The van der Waals surface area contributed by atoms with E-state index in [1.807, 2.05) is 27.7 Å². The first-order chi connectivity index (χ1) is 8.88. The predicted molar refractivity (Wildman–Crippen MR) is 88.3 cm³/mol. The van der Waals surface area contributed by atoms with Crippen LogP contribution in [0.15, 0.2) is 60.4 Å². The fraction of sp³-hybridized carbons (Fsp3) is 0.316. The Morgan fingerprint density at radius 3 is 2.00 bits per heavy atom. The van der Waals surface area contributed by atoms with E-state index >= 15 is 0 Å². The van der Waals surface area contributed by atoms with E-state index in [9.17, 15) is 0 Å². The molecular weight excluding hydrogens is 228 g/mol. The zero-order valence-corrected chi connectivity index (χ0v) is 13.0. The summed E-state index contributed by atoms with van der Waals surface area (Å²) in [5, 5.41) is 0. The minimum absolute atomic E-state index is 1.13. The summed E-state index contributed by atoms with van der Waals surface area (Å²) < 4.78 is 0. The second-order valence-electron chi connectivity index (χ2n) is 5.13. The van der Waals surface area contributed by atoms with Gasteiger partial charge in [0, 0.05) is 0 Å². The van der Waals surface area contributed by atoms with E-state index in [1.54, 1.807) is 0 Å². The van der Waals surface area contributed by atoms with Crippen LogP contribution < -0.4 is 0 Å². The maximum atomic E-state index is 3.56. The van der Waals surface area contributed by atoms with Gasteiger partial charge in [0.15, 0.2) is 0 Å². The molecule has 0 heteroatoms. The van der Waals surface area contributed by atoms with Crippen molar-refractivity contribution < 1.29 is 0 Å². The molecule has 1 aromatic carbocycles. The molecule has 0 aromatic heterocycles. The number of rotatable bonds is 0. The van der Waals surface area contributed by atoms with Gasteiger partial charge < -0.3 is 0 Å². The number of hydrogen-bond donors (Lipinski definition) is 0. The SMILES string of the molecule is C=C(C)C.C=C=C(C)C.CC1=CCc2ccccc21. The molecule has 0 unspecified atom stereocenters. The maximum absolute atomic E-state index is 3.56. The Morgan fingerprint density at radius 1 is 1.11 bits per heavy atom. The molecule has 0 radical (unpaired) electrons. The van der Waals surface area contributed by atoms with Crippen LogP contribution in [0.3, 0.4) is 0 Å².